The van der Waals surface area contributed by atoms with Crippen LogP contribution in [0.25, 0.3) is 0 Å². The topological polar surface area (TPSA) is 65.0 Å². The molecule has 2 unspecified atom stereocenters. The van der Waals surface area contributed by atoms with Gasteiger partial charge in [-0.3, -0.25) is 4.52 Å². The Morgan fingerprint density at radius 1 is 0.923 bits per heavy atom. The average Bonchev–Trinajstić information content (AvgIpc) is 2.60. The van der Waals surface area contributed by atoms with Crippen LogP contribution in [0.3, 0.4) is 0 Å². The zero-order chi connectivity index (χ0) is 19.1. The van der Waals surface area contributed by atoms with Gasteiger partial charge in [-0.25, -0.2) is 9.09 Å². The summed E-state index contributed by atoms with van der Waals surface area (Å²) in [6, 6.07) is 9.02. The molecule has 0 spiro atoms. The number of phosphoric ester groups is 1. The summed E-state index contributed by atoms with van der Waals surface area (Å²) in [6.45, 7) is 4.03. The van der Waals surface area contributed by atoms with Gasteiger partial charge in [0, 0.05) is 0 Å². The molecular formula is C20H35O5P. The van der Waals surface area contributed by atoms with E-state index < -0.39 is 14.1 Å². The third-order valence-electron chi connectivity index (χ3n) is 4.08. The first-order chi connectivity index (χ1) is 12.5. The lowest BCUT2D eigenvalue weighted by Gasteiger charge is -2.18. The number of hydrogen-bond acceptors (Lipinski definition) is 4. The van der Waals surface area contributed by atoms with E-state index in [4.69, 9.17) is 13.8 Å². The second-order valence-corrected chi connectivity index (χ2v) is 7.99. The van der Waals surface area contributed by atoms with Crippen molar-refractivity contribution < 1.29 is 23.2 Å². The van der Waals surface area contributed by atoms with Crippen molar-refractivity contribution in [2.24, 2.45) is 0 Å². The molecule has 5 nitrogen and oxygen atoms in total. The van der Waals surface area contributed by atoms with Gasteiger partial charge < -0.3 is 9.63 Å². The molecule has 0 amide bonds. The van der Waals surface area contributed by atoms with E-state index in [1.807, 2.05) is 18.2 Å². The predicted molar refractivity (Wildman–Crippen MR) is 105 cm³/mol. The second kappa shape index (κ2) is 14.2. The fraction of sp³-hybridized carbons (Fsp3) is 0.700. The van der Waals surface area contributed by atoms with E-state index in [2.05, 4.69) is 6.92 Å². The molecule has 0 saturated heterocycles. The van der Waals surface area contributed by atoms with Crippen molar-refractivity contribution in [3.8, 4) is 5.75 Å². The zero-order valence-corrected chi connectivity index (χ0v) is 17.2. The fourth-order valence-corrected chi connectivity index (χ4v) is 3.54. The van der Waals surface area contributed by atoms with Gasteiger partial charge in [0.25, 0.3) is 0 Å². The van der Waals surface area contributed by atoms with E-state index in [0.29, 0.717) is 5.75 Å². The maximum atomic E-state index is 11.9. The smallest absolute Gasteiger partial charge is 0.465 e. The summed E-state index contributed by atoms with van der Waals surface area (Å²) >= 11 is 0. The molecule has 1 N–H and O–H groups in total. The number of rotatable bonds is 16. The molecule has 0 radical (unpaired) electrons. The molecule has 1 aromatic carbocycles. The summed E-state index contributed by atoms with van der Waals surface area (Å²) in [6.07, 6.45) is 11.2. The Bertz CT molecular complexity index is 494. The first kappa shape index (κ1) is 23.2. The van der Waals surface area contributed by atoms with Crippen molar-refractivity contribution in [1.82, 2.24) is 0 Å². The lowest BCUT2D eigenvalue weighted by atomic mass is 10.1. The molecule has 0 aliphatic carbocycles. The van der Waals surface area contributed by atoms with Crippen LogP contribution >= 0.6 is 7.82 Å². The Labute approximate surface area is 158 Å². The quantitative estimate of drug-likeness (QED) is 0.200. The molecule has 0 aliphatic heterocycles. The molecule has 0 aromatic heterocycles. The minimum atomic E-state index is -4.09. The lowest BCUT2D eigenvalue weighted by Crippen LogP contribution is -2.15. The average molecular weight is 386 g/mol. The minimum absolute atomic E-state index is 0.225. The van der Waals surface area contributed by atoms with Crippen LogP contribution in [0.2, 0.25) is 0 Å². The highest BCUT2D eigenvalue weighted by Gasteiger charge is 2.25. The van der Waals surface area contributed by atoms with Crippen LogP contribution in [0, 0.1) is 0 Å². The van der Waals surface area contributed by atoms with Crippen LogP contribution in [0.5, 0.6) is 5.75 Å². The van der Waals surface area contributed by atoms with E-state index in [1.54, 1.807) is 19.1 Å². The molecule has 1 aromatic rings. The molecule has 0 saturated carbocycles. The van der Waals surface area contributed by atoms with Crippen molar-refractivity contribution in [2.75, 3.05) is 6.61 Å². The van der Waals surface area contributed by atoms with Crippen molar-refractivity contribution in [2.45, 2.75) is 84.3 Å². The van der Waals surface area contributed by atoms with E-state index >= 15 is 0 Å². The zero-order valence-electron chi connectivity index (χ0n) is 16.3. The highest BCUT2D eigenvalue weighted by atomic mass is 31.2. The molecular weight excluding hydrogens is 351 g/mol. The molecule has 150 valence electrons. The monoisotopic (exact) mass is 386 g/mol. The number of ether oxygens (including phenoxy) is 1. The third-order valence-corrected chi connectivity index (χ3v) is 5.15. The van der Waals surface area contributed by atoms with Gasteiger partial charge in [0.05, 0.1) is 6.61 Å². The van der Waals surface area contributed by atoms with Crippen LogP contribution in [-0.4, -0.2) is 17.8 Å². The fourth-order valence-electron chi connectivity index (χ4n) is 2.70. The number of phosphoric acid groups is 1. The first-order valence-corrected chi connectivity index (χ1v) is 11.4. The highest BCUT2D eigenvalue weighted by Crippen LogP contribution is 2.44. The Kier molecular flexibility index (Phi) is 12.7. The summed E-state index contributed by atoms with van der Waals surface area (Å²) in [5, 5.41) is 0. The van der Waals surface area contributed by atoms with E-state index in [1.165, 1.54) is 44.9 Å². The summed E-state index contributed by atoms with van der Waals surface area (Å²) < 4.78 is 27.3. The van der Waals surface area contributed by atoms with Gasteiger partial charge in [-0.2, -0.15) is 0 Å². The summed E-state index contributed by atoms with van der Waals surface area (Å²) in [7, 11) is -4.09. The van der Waals surface area contributed by atoms with Crippen LogP contribution in [-0.2, 0) is 13.6 Å². The summed E-state index contributed by atoms with van der Waals surface area (Å²) in [5.74, 6) is 0.578. The van der Waals surface area contributed by atoms with Crippen LogP contribution in [0.15, 0.2) is 30.3 Å². The Balaban J connectivity index is 2.02. The number of benzene rings is 1. The molecule has 1 rings (SSSR count). The molecule has 0 bridgehead atoms. The maximum Gasteiger partial charge on any atom is 0.475 e. The number of unbranched alkanes of at least 4 members (excludes halogenated alkanes) is 9. The summed E-state index contributed by atoms with van der Waals surface area (Å²) in [4.78, 5) is 9.74. The van der Waals surface area contributed by atoms with E-state index in [-0.39, 0.29) is 6.61 Å². The largest absolute Gasteiger partial charge is 0.475 e. The first-order valence-electron chi connectivity index (χ1n) is 9.91. The van der Waals surface area contributed by atoms with E-state index in [0.717, 1.165) is 19.3 Å². The van der Waals surface area contributed by atoms with Gasteiger partial charge in [0.15, 0.2) is 0 Å². The predicted octanol–water partition coefficient (Wildman–Crippen LogP) is 6.47. The molecule has 0 fully saturated rings. The normalized spacial score (nSPS) is 14.7. The Morgan fingerprint density at radius 3 is 2.04 bits per heavy atom. The van der Waals surface area contributed by atoms with Crippen molar-refractivity contribution in [3.63, 3.8) is 0 Å². The Morgan fingerprint density at radius 2 is 1.46 bits per heavy atom. The van der Waals surface area contributed by atoms with Crippen LogP contribution in [0.4, 0.5) is 0 Å². The van der Waals surface area contributed by atoms with Gasteiger partial charge in [0.1, 0.15) is 5.75 Å². The molecule has 26 heavy (non-hydrogen) atoms. The standard InChI is InChI=1S/C20H35O5P/c1-3-4-5-6-7-8-9-10-11-15-18-23-26(21,22)25-19(2)24-20-16-13-12-14-17-20/h12-14,16-17,19H,3-11,15,18H2,1-2H3,(H,21,22). The lowest BCUT2D eigenvalue weighted by molar-refractivity contribution is -0.00901. The van der Waals surface area contributed by atoms with Crippen molar-refractivity contribution in [1.29, 1.82) is 0 Å². The van der Waals surface area contributed by atoms with Crippen molar-refractivity contribution in [3.05, 3.63) is 30.3 Å². The highest BCUT2D eigenvalue weighted by molar-refractivity contribution is 7.47. The minimum Gasteiger partial charge on any atom is -0.465 e. The number of para-hydroxylation sites is 1. The SMILES string of the molecule is CCCCCCCCCCCCOP(=O)(O)OC(C)Oc1ccccc1. The molecule has 2 atom stereocenters. The second-order valence-electron chi connectivity index (χ2n) is 6.59. The summed E-state index contributed by atoms with van der Waals surface area (Å²) in [5.41, 5.74) is 0. The van der Waals surface area contributed by atoms with Gasteiger partial charge in [-0.1, -0.05) is 82.9 Å². The van der Waals surface area contributed by atoms with Crippen LogP contribution in [0.1, 0.15) is 78.1 Å². The van der Waals surface area contributed by atoms with E-state index in [9.17, 15) is 9.46 Å². The van der Waals surface area contributed by atoms with Crippen LogP contribution < -0.4 is 4.74 Å². The van der Waals surface area contributed by atoms with Gasteiger partial charge in [0.2, 0.25) is 6.29 Å². The molecule has 0 aliphatic rings. The van der Waals surface area contributed by atoms with Crippen molar-refractivity contribution >= 4 is 7.82 Å². The molecule has 0 heterocycles. The van der Waals surface area contributed by atoms with Gasteiger partial charge in [-0.05, 0) is 25.5 Å². The molecule has 6 heteroatoms. The maximum absolute atomic E-state index is 11.9. The number of hydrogen-bond donors (Lipinski definition) is 1. The Hall–Kier alpha value is -0.870. The van der Waals surface area contributed by atoms with Gasteiger partial charge in [-0.15, -0.1) is 0 Å². The third kappa shape index (κ3) is 12.5. The van der Waals surface area contributed by atoms with Gasteiger partial charge >= 0.3 is 7.82 Å².